The molecule has 0 radical (unpaired) electrons. The number of benzene rings is 2. The molecule has 2 aromatic rings. The highest BCUT2D eigenvalue weighted by molar-refractivity contribution is 5.81. The molecule has 0 saturated carbocycles. The zero-order valence-corrected chi connectivity index (χ0v) is 14.4. The molecule has 124 valence electrons. The molecule has 2 aromatic carbocycles. The third kappa shape index (κ3) is 2.64. The molecule has 4 rings (SSSR count). The van der Waals surface area contributed by atoms with Gasteiger partial charge >= 0.3 is 0 Å². The summed E-state index contributed by atoms with van der Waals surface area (Å²) in [4.78, 5) is 14.9. The fraction of sp³-hybridized carbons (Fsp3) is 0.409. The Morgan fingerprint density at radius 2 is 1.50 bits per heavy atom. The van der Waals surface area contributed by atoms with Crippen LogP contribution < -0.4 is 0 Å². The summed E-state index contributed by atoms with van der Waals surface area (Å²) in [7, 11) is 0. The molecule has 1 fully saturated rings. The van der Waals surface area contributed by atoms with Gasteiger partial charge in [-0.2, -0.15) is 0 Å². The van der Waals surface area contributed by atoms with E-state index in [0.29, 0.717) is 18.2 Å². The topological polar surface area (TPSA) is 20.3 Å². The van der Waals surface area contributed by atoms with Crippen LogP contribution in [0.5, 0.6) is 0 Å². The largest absolute Gasteiger partial charge is 0.343 e. The highest BCUT2D eigenvalue weighted by Crippen LogP contribution is 2.48. The van der Waals surface area contributed by atoms with Gasteiger partial charge in [0.1, 0.15) is 0 Å². The zero-order chi connectivity index (χ0) is 16.5. The molecule has 0 N–H and O–H groups in total. The van der Waals surface area contributed by atoms with Crippen molar-refractivity contribution in [2.45, 2.75) is 44.4 Å². The van der Waals surface area contributed by atoms with Gasteiger partial charge in [0.2, 0.25) is 5.91 Å². The first-order valence-corrected chi connectivity index (χ1v) is 9.21. The lowest BCUT2D eigenvalue weighted by atomic mass is 9.71. The SMILES string of the molecule is CC1c2ccccc2-c2ccccc2C1CC(=O)N1CCCCC1. The van der Waals surface area contributed by atoms with E-state index < -0.39 is 0 Å². The molecule has 1 aliphatic carbocycles. The van der Waals surface area contributed by atoms with Crippen LogP contribution in [0, 0.1) is 0 Å². The zero-order valence-electron chi connectivity index (χ0n) is 14.4. The Balaban J connectivity index is 1.67. The molecule has 2 unspecified atom stereocenters. The quantitative estimate of drug-likeness (QED) is 0.766. The van der Waals surface area contributed by atoms with Crippen molar-refractivity contribution in [2.24, 2.45) is 0 Å². The van der Waals surface area contributed by atoms with Crippen LogP contribution in [0.3, 0.4) is 0 Å². The molecule has 0 aromatic heterocycles. The molecule has 2 atom stereocenters. The smallest absolute Gasteiger partial charge is 0.223 e. The van der Waals surface area contributed by atoms with E-state index in [1.54, 1.807) is 0 Å². The minimum Gasteiger partial charge on any atom is -0.343 e. The predicted octanol–water partition coefficient (Wildman–Crippen LogP) is 4.96. The Morgan fingerprint density at radius 3 is 2.21 bits per heavy atom. The number of fused-ring (bicyclic) bond motifs is 3. The minimum atomic E-state index is 0.283. The number of piperidine rings is 1. The fourth-order valence-corrected chi connectivity index (χ4v) is 4.44. The van der Waals surface area contributed by atoms with Crippen molar-refractivity contribution in [3.05, 3.63) is 59.7 Å². The minimum absolute atomic E-state index is 0.283. The Bertz CT molecular complexity index is 745. The van der Waals surface area contributed by atoms with Gasteiger partial charge in [-0.05, 0) is 53.4 Å². The van der Waals surface area contributed by atoms with Gasteiger partial charge in [-0.3, -0.25) is 4.79 Å². The van der Waals surface area contributed by atoms with Crippen LogP contribution in [-0.4, -0.2) is 23.9 Å². The number of hydrogen-bond donors (Lipinski definition) is 0. The van der Waals surface area contributed by atoms with Gasteiger partial charge in [0.05, 0.1) is 0 Å². The van der Waals surface area contributed by atoms with Crippen LogP contribution in [-0.2, 0) is 4.79 Å². The van der Waals surface area contributed by atoms with Crippen molar-refractivity contribution < 1.29 is 4.79 Å². The molecule has 1 saturated heterocycles. The van der Waals surface area contributed by atoms with E-state index in [2.05, 4.69) is 60.4 Å². The van der Waals surface area contributed by atoms with Crippen LogP contribution >= 0.6 is 0 Å². The second kappa shape index (κ2) is 6.43. The normalized spacial score (nSPS) is 22.6. The van der Waals surface area contributed by atoms with Gasteiger partial charge in [0.15, 0.2) is 0 Å². The highest BCUT2D eigenvalue weighted by atomic mass is 16.2. The van der Waals surface area contributed by atoms with Crippen molar-refractivity contribution in [1.29, 1.82) is 0 Å². The monoisotopic (exact) mass is 319 g/mol. The summed E-state index contributed by atoms with van der Waals surface area (Å²) < 4.78 is 0. The number of amides is 1. The lowest BCUT2D eigenvalue weighted by Crippen LogP contribution is -2.37. The van der Waals surface area contributed by atoms with Gasteiger partial charge in [-0.1, -0.05) is 55.5 Å². The van der Waals surface area contributed by atoms with Crippen molar-refractivity contribution in [2.75, 3.05) is 13.1 Å². The van der Waals surface area contributed by atoms with E-state index >= 15 is 0 Å². The number of carbonyl (C=O) groups is 1. The standard InChI is InChI=1S/C22H25NO/c1-16-17-9-3-4-10-18(17)19-11-5-6-12-20(19)21(16)15-22(24)23-13-7-2-8-14-23/h3-6,9-12,16,21H,2,7-8,13-15H2,1H3. The van der Waals surface area contributed by atoms with Crippen molar-refractivity contribution >= 4 is 5.91 Å². The third-order valence-corrected chi connectivity index (χ3v) is 5.81. The van der Waals surface area contributed by atoms with Crippen LogP contribution in [0.4, 0.5) is 0 Å². The van der Waals surface area contributed by atoms with Crippen molar-refractivity contribution in [3.8, 4) is 11.1 Å². The van der Waals surface area contributed by atoms with Gasteiger partial charge in [-0.25, -0.2) is 0 Å². The molecule has 1 aliphatic heterocycles. The molecular formula is C22H25NO. The highest BCUT2D eigenvalue weighted by Gasteiger charge is 2.33. The molecule has 24 heavy (non-hydrogen) atoms. The lowest BCUT2D eigenvalue weighted by molar-refractivity contribution is -0.132. The number of nitrogens with zero attached hydrogens (tertiary/aromatic N) is 1. The third-order valence-electron chi connectivity index (χ3n) is 5.81. The van der Waals surface area contributed by atoms with E-state index in [1.165, 1.54) is 28.7 Å². The first-order chi connectivity index (χ1) is 11.8. The molecule has 2 heteroatoms. The Hall–Kier alpha value is -2.09. The summed E-state index contributed by atoms with van der Waals surface area (Å²) in [6.45, 7) is 4.17. The van der Waals surface area contributed by atoms with Crippen molar-refractivity contribution in [1.82, 2.24) is 4.90 Å². The molecule has 0 spiro atoms. The Kier molecular flexibility index (Phi) is 4.13. The lowest BCUT2D eigenvalue weighted by Gasteiger charge is -2.35. The molecule has 1 amide bonds. The van der Waals surface area contributed by atoms with Crippen LogP contribution in [0.25, 0.3) is 11.1 Å². The van der Waals surface area contributed by atoms with E-state index in [1.807, 2.05) is 0 Å². The summed E-state index contributed by atoms with van der Waals surface area (Å²) in [6, 6.07) is 17.3. The summed E-state index contributed by atoms with van der Waals surface area (Å²) >= 11 is 0. The second-order valence-electron chi connectivity index (χ2n) is 7.22. The Labute approximate surface area is 144 Å². The summed E-state index contributed by atoms with van der Waals surface area (Å²) in [6.07, 6.45) is 4.21. The molecule has 2 aliphatic rings. The van der Waals surface area contributed by atoms with Crippen LogP contribution in [0.15, 0.2) is 48.5 Å². The average Bonchev–Trinajstić information content (AvgIpc) is 2.65. The second-order valence-corrected chi connectivity index (χ2v) is 7.22. The average molecular weight is 319 g/mol. The summed E-state index contributed by atoms with van der Waals surface area (Å²) in [5.74, 6) is 0.996. The maximum atomic E-state index is 12.9. The number of likely N-dealkylation sites (tertiary alicyclic amines) is 1. The fourth-order valence-electron chi connectivity index (χ4n) is 4.44. The van der Waals surface area contributed by atoms with Crippen LogP contribution in [0.1, 0.15) is 55.6 Å². The Morgan fingerprint density at radius 1 is 0.917 bits per heavy atom. The summed E-state index contributed by atoms with van der Waals surface area (Å²) in [5, 5.41) is 0. The van der Waals surface area contributed by atoms with Gasteiger partial charge < -0.3 is 4.90 Å². The van der Waals surface area contributed by atoms with Crippen LogP contribution in [0.2, 0.25) is 0 Å². The number of hydrogen-bond acceptors (Lipinski definition) is 1. The first-order valence-electron chi connectivity index (χ1n) is 9.21. The molecular weight excluding hydrogens is 294 g/mol. The predicted molar refractivity (Wildman–Crippen MR) is 98.1 cm³/mol. The van der Waals surface area contributed by atoms with E-state index in [4.69, 9.17) is 0 Å². The number of carbonyl (C=O) groups excluding carboxylic acids is 1. The number of rotatable bonds is 2. The van der Waals surface area contributed by atoms with Crippen molar-refractivity contribution in [3.63, 3.8) is 0 Å². The molecule has 2 nitrogen and oxygen atoms in total. The van der Waals surface area contributed by atoms with E-state index in [-0.39, 0.29) is 5.92 Å². The van der Waals surface area contributed by atoms with Gasteiger partial charge in [0, 0.05) is 19.5 Å². The molecule has 0 bridgehead atoms. The maximum Gasteiger partial charge on any atom is 0.223 e. The summed E-state index contributed by atoms with van der Waals surface area (Å²) in [5.41, 5.74) is 5.37. The first kappa shape index (κ1) is 15.4. The molecule has 1 heterocycles. The van der Waals surface area contributed by atoms with Gasteiger partial charge in [-0.15, -0.1) is 0 Å². The maximum absolute atomic E-state index is 12.9. The van der Waals surface area contributed by atoms with E-state index in [0.717, 1.165) is 25.9 Å². The van der Waals surface area contributed by atoms with Gasteiger partial charge in [0.25, 0.3) is 0 Å². The van der Waals surface area contributed by atoms with E-state index in [9.17, 15) is 4.79 Å².